The molecule has 0 saturated carbocycles. The minimum Gasteiger partial charge on any atom is -0.370 e. The van der Waals surface area contributed by atoms with Crippen molar-refractivity contribution in [2.45, 2.75) is 12.5 Å². The van der Waals surface area contributed by atoms with Crippen molar-refractivity contribution >= 4 is 0 Å². The third kappa shape index (κ3) is 1.36. The Hall–Kier alpha value is -0.840. The lowest BCUT2D eigenvalue weighted by Crippen LogP contribution is -2.50. The summed E-state index contributed by atoms with van der Waals surface area (Å²) in [5, 5.41) is 9.17. The van der Waals surface area contributed by atoms with Gasteiger partial charge in [0.25, 0.3) is 0 Å². The standard InChI is InChI=1S/C6H11N3O/c7-6(8)9-4-2-1-3-5(9)10/h1-6,10H,7-8H2. The number of hydrogen-bond acceptors (Lipinski definition) is 4. The molecule has 4 nitrogen and oxygen atoms in total. The summed E-state index contributed by atoms with van der Waals surface area (Å²) in [4.78, 5) is 1.44. The third-order valence-electron chi connectivity index (χ3n) is 1.30. The number of rotatable bonds is 1. The Bertz CT molecular complexity index is 164. The Kier molecular flexibility index (Phi) is 2.06. The van der Waals surface area contributed by atoms with Crippen LogP contribution in [0.25, 0.3) is 0 Å². The van der Waals surface area contributed by atoms with E-state index in [0.29, 0.717) is 0 Å². The van der Waals surface area contributed by atoms with Gasteiger partial charge in [0.05, 0.1) is 0 Å². The fourth-order valence-electron chi connectivity index (χ4n) is 0.776. The van der Waals surface area contributed by atoms with Crippen molar-refractivity contribution in [1.29, 1.82) is 0 Å². The van der Waals surface area contributed by atoms with Crippen LogP contribution in [0.4, 0.5) is 0 Å². The Morgan fingerprint density at radius 3 is 2.50 bits per heavy atom. The van der Waals surface area contributed by atoms with Gasteiger partial charge in [0.2, 0.25) is 0 Å². The van der Waals surface area contributed by atoms with Crippen LogP contribution in [0.3, 0.4) is 0 Å². The zero-order valence-corrected chi connectivity index (χ0v) is 5.51. The maximum absolute atomic E-state index is 9.17. The maximum atomic E-state index is 9.17. The summed E-state index contributed by atoms with van der Waals surface area (Å²) in [6.45, 7) is 0. The molecule has 1 atom stereocenters. The molecule has 0 aromatic carbocycles. The molecule has 1 heterocycles. The average Bonchev–Trinajstić information content (AvgIpc) is 1.88. The van der Waals surface area contributed by atoms with Crippen LogP contribution in [-0.2, 0) is 0 Å². The van der Waals surface area contributed by atoms with Gasteiger partial charge in [-0.25, -0.2) is 0 Å². The first kappa shape index (κ1) is 7.27. The highest BCUT2D eigenvalue weighted by Gasteiger charge is 2.13. The van der Waals surface area contributed by atoms with Crippen molar-refractivity contribution in [1.82, 2.24) is 4.90 Å². The van der Waals surface area contributed by atoms with E-state index in [-0.39, 0.29) is 0 Å². The largest absolute Gasteiger partial charge is 0.370 e. The molecule has 4 heteroatoms. The number of allylic oxidation sites excluding steroid dienone is 2. The van der Waals surface area contributed by atoms with E-state index in [0.717, 1.165) is 0 Å². The highest BCUT2D eigenvalue weighted by atomic mass is 16.3. The number of nitrogens with two attached hydrogens (primary N) is 2. The van der Waals surface area contributed by atoms with Crippen molar-refractivity contribution in [3.63, 3.8) is 0 Å². The Morgan fingerprint density at radius 2 is 2.10 bits per heavy atom. The molecule has 1 rings (SSSR count). The lowest BCUT2D eigenvalue weighted by Gasteiger charge is -2.29. The normalized spacial score (nSPS) is 24.4. The molecule has 10 heavy (non-hydrogen) atoms. The van der Waals surface area contributed by atoms with Crippen molar-refractivity contribution in [3.05, 3.63) is 24.4 Å². The zero-order valence-electron chi connectivity index (χ0n) is 5.51. The third-order valence-corrected chi connectivity index (χ3v) is 1.30. The second-order valence-corrected chi connectivity index (χ2v) is 2.08. The van der Waals surface area contributed by atoms with Gasteiger partial charge in [0.1, 0.15) is 12.5 Å². The highest BCUT2D eigenvalue weighted by molar-refractivity contribution is 5.10. The predicted molar refractivity (Wildman–Crippen MR) is 38.3 cm³/mol. The van der Waals surface area contributed by atoms with E-state index in [4.69, 9.17) is 16.6 Å². The van der Waals surface area contributed by atoms with Crippen molar-refractivity contribution in [2.75, 3.05) is 0 Å². The Labute approximate surface area is 59.4 Å². The van der Waals surface area contributed by atoms with Crippen molar-refractivity contribution in [3.8, 4) is 0 Å². The lowest BCUT2D eigenvalue weighted by atomic mass is 10.3. The Balaban J connectivity index is 2.61. The molecule has 1 aliphatic heterocycles. The first-order valence-electron chi connectivity index (χ1n) is 3.03. The Morgan fingerprint density at radius 1 is 1.40 bits per heavy atom. The fourth-order valence-corrected chi connectivity index (χ4v) is 0.776. The highest BCUT2D eigenvalue weighted by Crippen LogP contribution is 2.04. The van der Waals surface area contributed by atoms with Gasteiger partial charge in [0.15, 0.2) is 0 Å². The monoisotopic (exact) mass is 141 g/mol. The molecule has 5 N–H and O–H groups in total. The first-order valence-corrected chi connectivity index (χ1v) is 3.03. The minimum atomic E-state index is -0.690. The fraction of sp³-hybridized carbons (Fsp3) is 0.333. The van der Waals surface area contributed by atoms with Gasteiger partial charge in [-0.1, -0.05) is 6.08 Å². The summed E-state index contributed by atoms with van der Waals surface area (Å²) in [5.41, 5.74) is 10.6. The van der Waals surface area contributed by atoms with Crippen LogP contribution in [0.5, 0.6) is 0 Å². The molecular formula is C6H11N3O. The van der Waals surface area contributed by atoms with E-state index in [2.05, 4.69) is 0 Å². The van der Waals surface area contributed by atoms with E-state index in [1.165, 1.54) is 4.90 Å². The summed E-state index contributed by atoms with van der Waals surface area (Å²) >= 11 is 0. The molecule has 0 aromatic heterocycles. The molecular weight excluding hydrogens is 130 g/mol. The topological polar surface area (TPSA) is 75.5 Å². The SMILES string of the molecule is NC(N)N1C=CC=CC1O. The van der Waals surface area contributed by atoms with Gasteiger partial charge < -0.3 is 10.0 Å². The summed E-state index contributed by atoms with van der Waals surface area (Å²) < 4.78 is 0. The summed E-state index contributed by atoms with van der Waals surface area (Å²) in [5.74, 6) is 0. The quantitative estimate of drug-likeness (QED) is 0.405. The molecule has 0 fully saturated rings. The van der Waals surface area contributed by atoms with Crippen LogP contribution in [-0.4, -0.2) is 22.5 Å². The molecule has 0 radical (unpaired) electrons. The van der Waals surface area contributed by atoms with E-state index in [9.17, 15) is 0 Å². The predicted octanol–water partition coefficient (Wildman–Crippen LogP) is -1.11. The van der Waals surface area contributed by atoms with Crippen LogP contribution in [0.15, 0.2) is 24.4 Å². The van der Waals surface area contributed by atoms with Crippen LogP contribution < -0.4 is 11.5 Å². The molecule has 0 spiro atoms. The van der Waals surface area contributed by atoms with Gasteiger partial charge in [0, 0.05) is 6.20 Å². The number of aliphatic hydroxyl groups is 1. The smallest absolute Gasteiger partial charge is 0.148 e. The molecule has 0 bridgehead atoms. The lowest BCUT2D eigenvalue weighted by molar-refractivity contribution is 0.0499. The zero-order chi connectivity index (χ0) is 7.56. The second-order valence-electron chi connectivity index (χ2n) is 2.08. The second kappa shape index (κ2) is 2.83. The summed E-state index contributed by atoms with van der Waals surface area (Å²) in [6.07, 6.45) is 5.42. The van der Waals surface area contributed by atoms with E-state index < -0.39 is 12.5 Å². The first-order chi connectivity index (χ1) is 4.72. The van der Waals surface area contributed by atoms with Crippen LogP contribution in [0, 0.1) is 0 Å². The van der Waals surface area contributed by atoms with E-state index in [1.54, 1.807) is 24.4 Å². The molecule has 56 valence electrons. The van der Waals surface area contributed by atoms with E-state index in [1.807, 2.05) is 0 Å². The molecule has 1 unspecified atom stereocenters. The summed E-state index contributed by atoms with van der Waals surface area (Å²) in [7, 11) is 0. The van der Waals surface area contributed by atoms with Gasteiger partial charge in [-0.3, -0.25) is 11.5 Å². The molecule has 0 saturated heterocycles. The molecule has 0 amide bonds. The van der Waals surface area contributed by atoms with Crippen molar-refractivity contribution < 1.29 is 5.11 Å². The maximum Gasteiger partial charge on any atom is 0.148 e. The van der Waals surface area contributed by atoms with Gasteiger partial charge in [-0.05, 0) is 12.2 Å². The van der Waals surface area contributed by atoms with Gasteiger partial charge in [-0.15, -0.1) is 0 Å². The molecule has 1 aliphatic rings. The van der Waals surface area contributed by atoms with E-state index >= 15 is 0 Å². The minimum absolute atomic E-state index is 0.642. The van der Waals surface area contributed by atoms with Crippen LogP contribution in [0.1, 0.15) is 0 Å². The number of aliphatic hydroxyl groups excluding tert-OH is 1. The number of nitrogens with zero attached hydrogens (tertiary/aromatic N) is 1. The van der Waals surface area contributed by atoms with Gasteiger partial charge >= 0.3 is 0 Å². The average molecular weight is 141 g/mol. The molecule has 0 aromatic rings. The van der Waals surface area contributed by atoms with Gasteiger partial charge in [-0.2, -0.15) is 0 Å². The van der Waals surface area contributed by atoms with Crippen LogP contribution >= 0.6 is 0 Å². The van der Waals surface area contributed by atoms with Crippen LogP contribution in [0.2, 0.25) is 0 Å². The van der Waals surface area contributed by atoms with Crippen molar-refractivity contribution in [2.24, 2.45) is 11.5 Å². The molecule has 0 aliphatic carbocycles. The number of hydrogen-bond donors (Lipinski definition) is 3. The summed E-state index contributed by atoms with van der Waals surface area (Å²) in [6, 6.07) is 0.